The van der Waals surface area contributed by atoms with E-state index in [-0.39, 0.29) is 12.5 Å². The number of hydrogen-bond acceptors (Lipinski definition) is 4. The highest BCUT2D eigenvalue weighted by Gasteiger charge is 2.30. The van der Waals surface area contributed by atoms with Gasteiger partial charge in [0.05, 0.1) is 36.6 Å². The predicted octanol–water partition coefficient (Wildman–Crippen LogP) is 5.06. The molecule has 0 spiro atoms. The van der Waals surface area contributed by atoms with Crippen LogP contribution in [0.15, 0.2) is 42.6 Å². The first kappa shape index (κ1) is 23.0. The van der Waals surface area contributed by atoms with E-state index in [1.54, 1.807) is 12.5 Å². The number of carboxylic acid groups (broad SMARTS) is 1. The molecule has 0 aliphatic carbocycles. The van der Waals surface area contributed by atoms with Crippen LogP contribution in [0.3, 0.4) is 0 Å². The number of aliphatic carboxylic acids is 1. The standard InChI is InChI=1S/C26H28N2O4S/c1-15(2)32-20-10-19-14-28(33(5)31)26-17(4)21(12-24(29)30)22(11-23(26)25(19)27-13-20)18-8-6-16(3)7-9-18/h6-11,13,15H,12,14H2,1-5H3,(H,29,30). The number of benzene rings is 2. The molecule has 4 rings (SSSR count). The van der Waals surface area contributed by atoms with E-state index in [1.807, 2.05) is 68.4 Å². The van der Waals surface area contributed by atoms with Crippen LogP contribution in [0.25, 0.3) is 22.4 Å². The lowest BCUT2D eigenvalue weighted by atomic mass is 9.86. The van der Waals surface area contributed by atoms with Gasteiger partial charge in [-0.25, -0.2) is 4.21 Å². The van der Waals surface area contributed by atoms with Crippen molar-refractivity contribution < 1.29 is 18.8 Å². The summed E-state index contributed by atoms with van der Waals surface area (Å²) in [6.45, 7) is 8.26. The van der Waals surface area contributed by atoms with Crippen molar-refractivity contribution in [2.75, 3.05) is 10.6 Å². The number of ether oxygens (including phenoxy) is 1. The van der Waals surface area contributed by atoms with Crippen molar-refractivity contribution in [1.29, 1.82) is 0 Å². The summed E-state index contributed by atoms with van der Waals surface area (Å²) in [6, 6.07) is 12.0. The van der Waals surface area contributed by atoms with Crippen molar-refractivity contribution in [3.63, 3.8) is 0 Å². The van der Waals surface area contributed by atoms with Gasteiger partial charge in [0, 0.05) is 17.4 Å². The van der Waals surface area contributed by atoms with Crippen LogP contribution in [0.1, 0.15) is 36.1 Å². The SMILES string of the molecule is Cc1ccc(-c2cc3c(c(C)c2CC(=O)O)N(S(C)=O)Cc2cc(OC(C)C)cnc2-3)cc1. The maximum Gasteiger partial charge on any atom is 0.307 e. The lowest BCUT2D eigenvalue weighted by molar-refractivity contribution is -0.136. The van der Waals surface area contributed by atoms with Crippen molar-refractivity contribution in [2.45, 2.75) is 46.8 Å². The zero-order chi connectivity index (χ0) is 23.9. The molecule has 0 fully saturated rings. The quantitative estimate of drug-likeness (QED) is 0.552. The number of pyridine rings is 1. The largest absolute Gasteiger partial charge is 0.489 e. The monoisotopic (exact) mass is 464 g/mol. The lowest BCUT2D eigenvalue weighted by Crippen LogP contribution is -2.29. The number of hydrogen-bond donors (Lipinski definition) is 1. The molecule has 1 aliphatic heterocycles. The highest BCUT2D eigenvalue weighted by Crippen LogP contribution is 2.46. The minimum absolute atomic E-state index is 0.0195. The summed E-state index contributed by atoms with van der Waals surface area (Å²) in [5.74, 6) is -0.229. The molecule has 0 amide bonds. The Morgan fingerprint density at radius 1 is 1.18 bits per heavy atom. The van der Waals surface area contributed by atoms with Gasteiger partial charge in [0.1, 0.15) is 16.7 Å². The summed E-state index contributed by atoms with van der Waals surface area (Å²) in [7, 11) is -1.31. The first-order valence-electron chi connectivity index (χ1n) is 10.9. The van der Waals surface area contributed by atoms with Gasteiger partial charge in [-0.05, 0) is 62.1 Å². The highest BCUT2D eigenvalue weighted by atomic mass is 32.2. The Balaban J connectivity index is 2.00. The third-order valence-corrected chi connectivity index (χ3v) is 6.74. The lowest BCUT2D eigenvalue weighted by Gasteiger charge is -2.33. The van der Waals surface area contributed by atoms with Crippen LogP contribution >= 0.6 is 0 Å². The van der Waals surface area contributed by atoms with E-state index in [0.29, 0.717) is 12.3 Å². The molecule has 0 bridgehead atoms. The molecule has 0 saturated carbocycles. The molecule has 33 heavy (non-hydrogen) atoms. The minimum Gasteiger partial charge on any atom is -0.489 e. The number of nitrogens with zero attached hydrogens (tertiary/aromatic N) is 2. The van der Waals surface area contributed by atoms with Gasteiger partial charge in [0.25, 0.3) is 0 Å². The van der Waals surface area contributed by atoms with Crippen LogP contribution in [0.4, 0.5) is 5.69 Å². The summed E-state index contributed by atoms with van der Waals surface area (Å²) >= 11 is 0. The smallest absolute Gasteiger partial charge is 0.307 e. The number of aryl methyl sites for hydroxylation is 1. The molecule has 6 nitrogen and oxygen atoms in total. The normalized spacial score (nSPS) is 13.5. The number of carboxylic acids is 1. The Hall–Kier alpha value is -3.19. The van der Waals surface area contributed by atoms with Gasteiger partial charge in [0.15, 0.2) is 0 Å². The van der Waals surface area contributed by atoms with Crippen LogP contribution in [0, 0.1) is 13.8 Å². The van der Waals surface area contributed by atoms with Crippen molar-refractivity contribution in [1.82, 2.24) is 4.98 Å². The summed E-state index contributed by atoms with van der Waals surface area (Å²) in [6.07, 6.45) is 3.26. The van der Waals surface area contributed by atoms with Crippen LogP contribution in [0.2, 0.25) is 0 Å². The zero-order valence-corrected chi connectivity index (χ0v) is 20.3. The van der Waals surface area contributed by atoms with Crippen molar-refractivity contribution in [2.24, 2.45) is 0 Å². The molecule has 0 radical (unpaired) electrons. The van der Waals surface area contributed by atoms with Gasteiger partial charge in [-0.3, -0.25) is 14.1 Å². The van der Waals surface area contributed by atoms with Gasteiger partial charge >= 0.3 is 5.97 Å². The minimum atomic E-state index is -1.31. The summed E-state index contributed by atoms with van der Waals surface area (Å²) < 4.78 is 20.4. The fraction of sp³-hybridized carbons (Fsp3) is 0.308. The third-order valence-electron chi connectivity index (χ3n) is 5.81. The second-order valence-electron chi connectivity index (χ2n) is 8.67. The molecular formula is C26H28N2O4S. The first-order chi connectivity index (χ1) is 15.7. The third kappa shape index (κ3) is 4.50. The molecule has 1 aromatic heterocycles. The van der Waals surface area contributed by atoms with Crippen molar-refractivity contribution in [3.8, 4) is 28.1 Å². The van der Waals surface area contributed by atoms with Gasteiger partial charge in [-0.1, -0.05) is 29.8 Å². The number of rotatable bonds is 6. The maximum atomic E-state index is 12.8. The van der Waals surface area contributed by atoms with E-state index in [1.165, 1.54) is 0 Å². The molecule has 0 saturated heterocycles. The molecule has 172 valence electrons. The van der Waals surface area contributed by atoms with Gasteiger partial charge in [-0.2, -0.15) is 0 Å². The molecular weight excluding hydrogens is 436 g/mol. The average molecular weight is 465 g/mol. The van der Waals surface area contributed by atoms with Gasteiger partial charge in [0.2, 0.25) is 0 Å². The fourth-order valence-electron chi connectivity index (χ4n) is 4.36. The van der Waals surface area contributed by atoms with E-state index in [9.17, 15) is 14.1 Å². The molecule has 7 heteroatoms. The van der Waals surface area contributed by atoms with E-state index < -0.39 is 17.0 Å². The maximum absolute atomic E-state index is 12.8. The second-order valence-corrected chi connectivity index (χ2v) is 9.95. The number of anilines is 1. The Bertz CT molecular complexity index is 1250. The number of fused-ring (bicyclic) bond motifs is 3. The highest BCUT2D eigenvalue weighted by molar-refractivity contribution is 7.85. The van der Waals surface area contributed by atoms with Crippen LogP contribution in [-0.2, 0) is 28.7 Å². The van der Waals surface area contributed by atoms with E-state index in [4.69, 9.17) is 9.72 Å². The molecule has 2 aromatic carbocycles. The van der Waals surface area contributed by atoms with Crippen LogP contribution in [-0.4, -0.2) is 32.6 Å². The van der Waals surface area contributed by atoms with Crippen molar-refractivity contribution in [3.05, 3.63) is 64.8 Å². The average Bonchev–Trinajstić information content (AvgIpc) is 2.74. The zero-order valence-electron chi connectivity index (χ0n) is 19.5. The van der Waals surface area contributed by atoms with Gasteiger partial charge < -0.3 is 9.84 Å². The van der Waals surface area contributed by atoms with Gasteiger partial charge in [-0.15, -0.1) is 0 Å². The molecule has 3 aromatic rings. The predicted molar refractivity (Wildman–Crippen MR) is 132 cm³/mol. The Morgan fingerprint density at radius 2 is 1.88 bits per heavy atom. The molecule has 1 atom stereocenters. The van der Waals surface area contributed by atoms with E-state index in [2.05, 4.69) is 0 Å². The summed E-state index contributed by atoms with van der Waals surface area (Å²) in [4.78, 5) is 16.5. The summed E-state index contributed by atoms with van der Waals surface area (Å²) in [5.41, 5.74) is 7.83. The fourth-order valence-corrected chi connectivity index (χ4v) is 5.17. The van der Waals surface area contributed by atoms with Crippen LogP contribution < -0.4 is 9.04 Å². The first-order valence-corrected chi connectivity index (χ1v) is 12.4. The topological polar surface area (TPSA) is 79.7 Å². The van der Waals surface area contributed by atoms with E-state index >= 15 is 0 Å². The Labute approximate surface area is 196 Å². The number of carbonyl (C=O) groups is 1. The second kappa shape index (κ2) is 8.98. The van der Waals surface area contributed by atoms with Crippen molar-refractivity contribution >= 4 is 22.6 Å². The van der Waals surface area contributed by atoms with E-state index in [0.717, 1.165) is 50.3 Å². The summed E-state index contributed by atoms with van der Waals surface area (Å²) in [5, 5.41) is 9.65. The Kier molecular flexibility index (Phi) is 6.26. The molecule has 1 aliphatic rings. The molecule has 1 N–H and O–H groups in total. The molecule has 1 unspecified atom stereocenters. The number of aromatic nitrogens is 1. The molecule has 2 heterocycles. The van der Waals surface area contributed by atoms with Crippen LogP contribution in [0.5, 0.6) is 5.75 Å². The Morgan fingerprint density at radius 3 is 2.48 bits per heavy atom.